The van der Waals surface area contributed by atoms with Crippen LogP contribution in [0.25, 0.3) is 0 Å². The summed E-state index contributed by atoms with van der Waals surface area (Å²) in [6, 6.07) is 22.5. The summed E-state index contributed by atoms with van der Waals surface area (Å²) in [7, 11) is 0. The van der Waals surface area contributed by atoms with Crippen LogP contribution in [-0.4, -0.2) is 23.8 Å². The third-order valence-corrected chi connectivity index (χ3v) is 4.74. The van der Waals surface area contributed by atoms with Gasteiger partial charge in [0, 0.05) is 18.3 Å². The predicted molar refractivity (Wildman–Crippen MR) is 118 cm³/mol. The van der Waals surface area contributed by atoms with Gasteiger partial charge in [-0.1, -0.05) is 24.3 Å². The Bertz CT molecular complexity index is 1110. The number of nitrogens with zero attached hydrogens (tertiary/aromatic N) is 1. The van der Waals surface area contributed by atoms with E-state index in [9.17, 15) is 14.4 Å². The van der Waals surface area contributed by atoms with Gasteiger partial charge in [-0.05, 0) is 54.6 Å². The quantitative estimate of drug-likeness (QED) is 0.590. The van der Waals surface area contributed by atoms with Crippen molar-refractivity contribution in [3.05, 3.63) is 78.9 Å². The predicted octanol–water partition coefficient (Wildman–Crippen LogP) is 4.18. The fourth-order valence-electron chi connectivity index (χ4n) is 3.40. The zero-order chi connectivity index (χ0) is 21.8. The molecular weight excluding hydrogens is 394 g/mol. The van der Waals surface area contributed by atoms with Gasteiger partial charge < -0.3 is 15.4 Å². The number of nitrogens with one attached hydrogen (secondary N) is 2. The molecule has 3 aromatic carbocycles. The molecule has 0 spiro atoms. The smallest absolute Gasteiger partial charge is 0.256 e. The highest BCUT2D eigenvalue weighted by Crippen LogP contribution is 2.29. The molecule has 156 valence electrons. The fraction of sp³-hybridized carbons (Fsp3) is 0.125. The number of carbonyl (C=O) groups is 3. The molecule has 7 heteroatoms. The number of benzene rings is 3. The third-order valence-electron chi connectivity index (χ3n) is 4.74. The lowest BCUT2D eigenvalue weighted by Crippen LogP contribution is -2.34. The molecule has 0 aromatic heterocycles. The maximum Gasteiger partial charge on any atom is 0.256 e. The Morgan fingerprint density at radius 1 is 0.903 bits per heavy atom. The molecule has 1 fully saturated rings. The minimum Gasteiger partial charge on any atom is -0.457 e. The van der Waals surface area contributed by atoms with E-state index >= 15 is 0 Å². The van der Waals surface area contributed by atoms with Crippen molar-refractivity contribution in [1.29, 1.82) is 0 Å². The van der Waals surface area contributed by atoms with Gasteiger partial charge in [-0.15, -0.1) is 0 Å². The average Bonchev–Trinajstić information content (AvgIpc) is 3.02. The van der Waals surface area contributed by atoms with Crippen molar-refractivity contribution in [3.63, 3.8) is 0 Å². The van der Waals surface area contributed by atoms with E-state index in [1.54, 1.807) is 48.5 Å². The summed E-state index contributed by atoms with van der Waals surface area (Å²) in [5.74, 6) is 0.520. The molecule has 1 atom stereocenters. The van der Waals surface area contributed by atoms with E-state index in [0.717, 1.165) is 0 Å². The van der Waals surface area contributed by atoms with Gasteiger partial charge in [0.25, 0.3) is 5.91 Å². The van der Waals surface area contributed by atoms with Crippen LogP contribution in [0.15, 0.2) is 78.9 Å². The molecule has 1 aliphatic rings. The Kier molecular flexibility index (Phi) is 5.66. The number of amides is 3. The van der Waals surface area contributed by atoms with Crippen LogP contribution in [0.2, 0.25) is 0 Å². The van der Waals surface area contributed by atoms with Crippen LogP contribution in [0.3, 0.4) is 0 Å². The van der Waals surface area contributed by atoms with Crippen molar-refractivity contribution in [1.82, 2.24) is 0 Å². The highest BCUT2D eigenvalue weighted by molar-refractivity contribution is 6.23. The Hall–Kier alpha value is -4.13. The molecule has 0 saturated carbocycles. The molecule has 3 aromatic rings. The van der Waals surface area contributed by atoms with Crippen molar-refractivity contribution < 1.29 is 19.1 Å². The lowest BCUT2D eigenvalue weighted by molar-refractivity contribution is -0.121. The maximum absolute atomic E-state index is 12.9. The molecule has 0 radical (unpaired) electrons. The van der Waals surface area contributed by atoms with Gasteiger partial charge in [0.2, 0.25) is 11.8 Å². The molecule has 7 nitrogen and oxygen atoms in total. The van der Waals surface area contributed by atoms with E-state index in [1.165, 1.54) is 11.8 Å². The lowest BCUT2D eigenvalue weighted by Gasteiger charge is -2.17. The second kappa shape index (κ2) is 8.71. The SMILES string of the molecule is CC(=O)Nc1cccc(NC2CC(=O)N(c3ccc(Oc4ccccc4)cc3)C2=O)c1. The minimum atomic E-state index is -0.680. The number of para-hydroxylation sites is 1. The van der Waals surface area contributed by atoms with E-state index in [2.05, 4.69) is 10.6 Å². The standard InChI is InChI=1S/C24H21N3O4/c1-16(28)25-17-6-5-7-18(14-17)26-22-15-23(29)27(24(22)30)19-10-12-21(13-11-19)31-20-8-3-2-4-9-20/h2-14,22,26H,15H2,1H3,(H,25,28). The van der Waals surface area contributed by atoms with Crippen molar-refractivity contribution in [2.45, 2.75) is 19.4 Å². The number of carbonyl (C=O) groups excluding carboxylic acids is 3. The number of ether oxygens (including phenoxy) is 1. The van der Waals surface area contributed by atoms with Gasteiger partial charge in [-0.2, -0.15) is 0 Å². The van der Waals surface area contributed by atoms with Crippen LogP contribution in [0.4, 0.5) is 17.1 Å². The zero-order valence-electron chi connectivity index (χ0n) is 16.9. The number of hydrogen-bond donors (Lipinski definition) is 2. The monoisotopic (exact) mass is 415 g/mol. The molecule has 4 rings (SSSR count). The Balaban J connectivity index is 1.45. The van der Waals surface area contributed by atoms with Crippen molar-refractivity contribution in [3.8, 4) is 11.5 Å². The van der Waals surface area contributed by atoms with Gasteiger partial charge >= 0.3 is 0 Å². The van der Waals surface area contributed by atoms with Crippen LogP contribution < -0.4 is 20.3 Å². The molecular formula is C24H21N3O4. The van der Waals surface area contributed by atoms with Gasteiger partial charge in [0.1, 0.15) is 17.5 Å². The highest BCUT2D eigenvalue weighted by atomic mass is 16.5. The lowest BCUT2D eigenvalue weighted by atomic mass is 10.2. The molecule has 1 saturated heterocycles. The second-order valence-electron chi connectivity index (χ2n) is 7.14. The summed E-state index contributed by atoms with van der Waals surface area (Å²) in [6.07, 6.45) is 0.0471. The number of hydrogen-bond acceptors (Lipinski definition) is 5. The summed E-state index contributed by atoms with van der Waals surface area (Å²) in [5.41, 5.74) is 1.75. The maximum atomic E-state index is 12.9. The summed E-state index contributed by atoms with van der Waals surface area (Å²) in [6.45, 7) is 1.42. The zero-order valence-corrected chi connectivity index (χ0v) is 16.9. The fourth-order valence-corrected chi connectivity index (χ4v) is 3.40. The van der Waals surface area contributed by atoms with Gasteiger partial charge in [-0.3, -0.25) is 14.4 Å². The Labute approximate surface area is 179 Å². The largest absolute Gasteiger partial charge is 0.457 e. The molecule has 3 amide bonds. The van der Waals surface area contributed by atoms with Crippen LogP contribution in [0.1, 0.15) is 13.3 Å². The molecule has 1 unspecified atom stereocenters. The topological polar surface area (TPSA) is 87.7 Å². The van der Waals surface area contributed by atoms with E-state index in [-0.39, 0.29) is 24.1 Å². The van der Waals surface area contributed by atoms with Gasteiger partial charge in [0.05, 0.1) is 12.1 Å². The summed E-state index contributed by atoms with van der Waals surface area (Å²) in [5, 5.41) is 5.78. The van der Waals surface area contributed by atoms with Crippen molar-refractivity contribution in [2.75, 3.05) is 15.5 Å². The minimum absolute atomic E-state index is 0.0471. The first kappa shape index (κ1) is 20.2. The van der Waals surface area contributed by atoms with Crippen molar-refractivity contribution >= 4 is 34.8 Å². The Morgan fingerprint density at radius 3 is 2.29 bits per heavy atom. The van der Waals surface area contributed by atoms with Gasteiger partial charge in [-0.25, -0.2) is 4.90 Å². The van der Waals surface area contributed by atoms with Gasteiger partial charge in [0.15, 0.2) is 0 Å². The number of rotatable bonds is 6. The van der Waals surface area contributed by atoms with E-state index in [0.29, 0.717) is 28.6 Å². The number of imide groups is 1. The highest BCUT2D eigenvalue weighted by Gasteiger charge is 2.39. The van der Waals surface area contributed by atoms with E-state index in [1.807, 2.05) is 30.3 Å². The van der Waals surface area contributed by atoms with Crippen LogP contribution >= 0.6 is 0 Å². The van der Waals surface area contributed by atoms with E-state index in [4.69, 9.17) is 4.74 Å². The summed E-state index contributed by atoms with van der Waals surface area (Å²) < 4.78 is 5.76. The second-order valence-corrected chi connectivity index (χ2v) is 7.14. The van der Waals surface area contributed by atoms with E-state index < -0.39 is 6.04 Å². The summed E-state index contributed by atoms with van der Waals surface area (Å²) >= 11 is 0. The molecule has 1 heterocycles. The van der Waals surface area contributed by atoms with Crippen LogP contribution in [-0.2, 0) is 14.4 Å². The first-order chi connectivity index (χ1) is 15.0. The first-order valence-electron chi connectivity index (χ1n) is 9.83. The van der Waals surface area contributed by atoms with Crippen LogP contribution in [0, 0.1) is 0 Å². The average molecular weight is 415 g/mol. The summed E-state index contributed by atoms with van der Waals surface area (Å²) in [4.78, 5) is 37.9. The molecule has 2 N–H and O–H groups in total. The molecule has 31 heavy (non-hydrogen) atoms. The number of anilines is 3. The molecule has 0 bridgehead atoms. The third kappa shape index (κ3) is 4.72. The van der Waals surface area contributed by atoms with Crippen LogP contribution in [0.5, 0.6) is 11.5 Å². The molecule has 1 aliphatic heterocycles. The Morgan fingerprint density at radius 2 is 1.58 bits per heavy atom. The molecule has 0 aliphatic carbocycles. The van der Waals surface area contributed by atoms with Crippen molar-refractivity contribution in [2.24, 2.45) is 0 Å². The first-order valence-corrected chi connectivity index (χ1v) is 9.83. The normalized spacial score (nSPS) is 15.6.